The number of benzene rings is 1. The largest absolute Gasteiger partial charge is 0.497 e. The number of likely N-dealkylation sites (tertiary alicyclic amines) is 1. The summed E-state index contributed by atoms with van der Waals surface area (Å²) in [4.78, 5) is 2.57. The smallest absolute Gasteiger partial charge is 0.119 e. The van der Waals surface area contributed by atoms with Crippen molar-refractivity contribution in [1.82, 2.24) is 4.90 Å². The highest BCUT2D eigenvalue weighted by atomic mass is 16.5. The van der Waals surface area contributed by atoms with Crippen LogP contribution in [0.15, 0.2) is 24.3 Å². The van der Waals surface area contributed by atoms with Gasteiger partial charge in [0.25, 0.3) is 0 Å². The Morgan fingerprint density at radius 3 is 2.16 bits per heavy atom. The highest BCUT2D eigenvalue weighted by Gasteiger charge is 2.41. The predicted octanol–water partition coefficient (Wildman–Crippen LogP) is 2.80. The van der Waals surface area contributed by atoms with Gasteiger partial charge in [-0.1, -0.05) is 6.92 Å². The van der Waals surface area contributed by atoms with Crippen LogP contribution in [-0.4, -0.2) is 37.7 Å². The number of hydrogen-bond acceptors (Lipinski definition) is 3. The Labute approximate surface area is 115 Å². The summed E-state index contributed by atoms with van der Waals surface area (Å²) in [7, 11) is 1.69. The summed E-state index contributed by atoms with van der Waals surface area (Å²) >= 11 is 0. The third-order valence-electron chi connectivity index (χ3n) is 4.59. The zero-order chi connectivity index (χ0) is 13.2. The molecular weight excluding hydrogens is 238 g/mol. The van der Waals surface area contributed by atoms with E-state index in [4.69, 9.17) is 9.47 Å². The zero-order valence-corrected chi connectivity index (χ0v) is 11.8. The Hall–Kier alpha value is -1.22. The van der Waals surface area contributed by atoms with E-state index in [2.05, 4.69) is 11.8 Å². The van der Waals surface area contributed by atoms with Crippen LogP contribution in [0.1, 0.15) is 19.8 Å². The Balaban J connectivity index is 1.55. The summed E-state index contributed by atoms with van der Waals surface area (Å²) in [6, 6.07) is 7.93. The van der Waals surface area contributed by atoms with Crippen LogP contribution in [0.2, 0.25) is 0 Å². The molecule has 3 nitrogen and oxygen atoms in total. The van der Waals surface area contributed by atoms with Crippen molar-refractivity contribution in [2.24, 2.45) is 11.8 Å². The second kappa shape index (κ2) is 5.41. The minimum atomic E-state index is 0.405. The molecule has 3 atom stereocenters. The van der Waals surface area contributed by atoms with Crippen LogP contribution >= 0.6 is 0 Å². The summed E-state index contributed by atoms with van der Waals surface area (Å²) < 4.78 is 11.3. The summed E-state index contributed by atoms with van der Waals surface area (Å²) in [5.41, 5.74) is 0. The molecule has 0 amide bonds. The minimum absolute atomic E-state index is 0.405. The van der Waals surface area contributed by atoms with E-state index in [0.29, 0.717) is 6.10 Å². The Morgan fingerprint density at radius 2 is 1.63 bits per heavy atom. The van der Waals surface area contributed by atoms with Gasteiger partial charge in [0.05, 0.1) is 13.2 Å². The van der Waals surface area contributed by atoms with Crippen molar-refractivity contribution in [3.63, 3.8) is 0 Å². The third kappa shape index (κ3) is 2.71. The maximum Gasteiger partial charge on any atom is 0.119 e. The van der Waals surface area contributed by atoms with Gasteiger partial charge in [-0.25, -0.2) is 0 Å². The fourth-order valence-electron chi connectivity index (χ4n) is 3.54. The summed E-state index contributed by atoms with van der Waals surface area (Å²) in [5.74, 6) is 3.55. The summed E-state index contributed by atoms with van der Waals surface area (Å²) in [6.07, 6.45) is 2.84. The standard InChI is InChI=1S/C16H23NO2/c1-3-17-10-12-8-16(9-13(12)11-17)19-15-6-4-14(18-2)5-7-15/h4-7,12-13,16H,3,8-11H2,1-2H3/t12-,13+,16?. The number of rotatable bonds is 4. The second-order valence-corrected chi connectivity index (χ2v) is 5.76. The van der Waals surface area contributed by atoms with E-state index in [-0.39, 0.29) is 0 Å². The lowest BCUT2D eigenvalue weighted by atomic mass is 10.0. The van der Waals surface area contributed by atoms with E-state index in [1.807, 2.05) is 24.3 Å². The second-order valence-electron chi connectivity index (χ2n) is 5.76. The van der Waals surface area contributed by atoms with Gasteiger partial charge in [-0.15, -0.1) is 0 Å². The maximum absolute atomic E-state index is 6.11. The first kappa shape index (κ1) is 12.8. The Bertz CT molecular complexity index is 403. The molecule has 1 saturated heterocycles. The Kier molecular flexibility index (Phi) is 3.65. The average molecular weight is 261 g/mol. The molecule has 0 aromatic heterocycles. The highest BCUT2D eigenvalue weighted by Crippen LogP contribution is 2.39. The summed E-state index contributed by atoms with van der Waals surface area (Å²) in [6.45, 7) is 5.98. The first-order valence-corrected chi connectivity index (χ1v) is 7.31. The van der Waals surface area contributed by atoms with Crippen LogP contribution < -0.4 is 9.47 Å². The molecule has 1 heterocycles. The van der Waals surface area contributed by atoms with Crippen LogP contribution in [0.4, 0.5) is 0 Å². The molecule has 1 saturated carbocycles. The molecule has 0 spiro atoms. The van der Waals surface area contributed by atoms with Crippen molar-refractivity contribution in [3.8, 4) is 11.5 Å². The molecule has 0 N–H and O–H groups in total. The van der Waals surface area contributed by atoms with Gasteiger partial charge in [0, 0.05) is 13.1 Å². The predicted molar refractivity (Wildman–Crippen MR) is 75.7 cm³/mol. The van der Waals surface area contributed by atoms with Crippen molar-refractivity contribution in [2.75, 3.05) is 26.7 Å². The summed E-state index contributed by atoms with van der Waals surface area (Å²) in [5, 5.41) is 0. The lowest BCUT2D eigenvalue weighted by Crippen LogP contribution is -2.24. The van der Waals surface area contributed by atoms with Gasteiger partial charge >= 0.3 is 0 Å². The van der Waals surface area contributed by atoms with E-state index in [1.165, 1.54) is 32.5 Å². The SMILES string of the molecule is CCN1C[C@H]2CC(Oc3ccc(OC)cc3)C[C@H]2C1. The number of hydrogen-bond donors (Lipinski definition) is 0. The monoisotopic (exact) mass is 261 g/mol. The van der Waals surface area contributed by atoms with Crippen molar-refractivity contribution in [1.29, 1.82) is 0 Å². The lowest BCUT2D eigenvalue weighted by molar-refractivity contribution is 0.187. The quantitative estimate of drug-likeness (QED) is 0.832. The van der Waals surface area contributed by atoms with Crippen molar-refractivity contribution in [3.05, 3.63) is 24.3 Å². The molecule has 0 bridgehead atoms. The number of fused-ring (bicyclic) bond motifs is 1. The van der Waals surface area contributed by atoms with Crippen LogP contribution in [-0.2, 0) is 0 Å². The maximum atomic E-state index is 6.11. The van der Waals surface area contributed by atoms with E-state index in [1.54, 1.807) is 7.11 Å². The molecule has 0 radical (unpaired) electrons. The van der Waals surface area contributed by atoms with E-state index in [0.717, 1.165) is 23.3 Å². The molecule has 3 heteroatoms. The highest BCUT2D eigenvalue weighted by molar-refractivity contribution is 5.31. The van der Waals surface area contributed by atoms with Gasteiger partial charge in [0.15, 0.2) is 0 Å². The van der Waals surface area contributed by atoms with Crippen LogP contribution in [0.3, 0.4) is 0 Å². The van der Waals surface area contributed by atoms with E-state index in [9.17, 15) is 0 Å². The topological polar surface area (TPSA) is 21.7 Å². The van der Waals surface area contributed by atoms with Crippen molar-refractivity contribution >= 4 is 0 Å². The molecule has 1 aromatic carbocycles. The van der Waals surface area contributed by atoms with Crippen molar-refractivity contribution < 1.29 is 9.47 Å². The van der Waals surface area contributed by atoms with Crippen molar-refractivity contribution in [2.45, 2.75) is 25.9 Å². The fourth-order valence-corrected chi connectivity index (χ4v) is 3.54. The molecular formula is C16H23NO2. The van der Waals surface area contributed by atoms with Crippen LogP contribution in [0, 0.1) is 11.8 Å². The van der Waals surface area contributed by atoms with E-state index >= 15 is 0 Å². The third-order valence-corrected chi connectivity index (χ3v) is 4.59. The van der Waals surface area contributed by atoms with Gasteiger partial charge in [-0.3, -0.25) is 0 Å². The van der Waals surface area contributed by atoms with Gasteiger partial charge < -0.3 is 14.4 Å². The average Bonchev–Trinajstić information content (AvgIpc) is 2.97. The molecule has 104 valence electrons. The van der Waals surface area contributed by atoms with Gasteiger partial charge in [0.2, 0.25) is 0 Å². The molecule has 1 aliphatic carbocycles. The van der Waals surface area contributed by atoms with E-state index < -0.39 is 0 Å². The normalized spacial score (nSPS) is 30.3. The number of nitrogens with zero attached hydrogens (tertiary/aromatic N) is 1. The minimum Gasteiger partial charge on any atom is -0.497 e. The van der Waals surface area contributed by atoms with Gasteiger partial charge in [-0.05, 0) is 55.5 Å². The molecule has 2 fully saturated rings. The molecule has 1 aromatic rings. The lowest BCUT2D eigenvalue weighted by Gasteiger charge is -2.18. The van der Waals surface area contributed by atoms with Gasteiger partial charge in [-0.2, -0.15) is 0 Å². The number of ether oxygens (including phenoxy) is 2. The molecule has 19 heavy (non-hydrogen) atoms. The molecule has 1 unspecified atom stereocenters. The first-order valence-electron chi connectivity index (χ1n) is 7.31. The van der Waals surface area contributed by atoms with Gasteiger partial charge in [0.1, 0.15) is 11.5 Å². The molecule has 1 aliphatic heterocycles. The molecule has 2 aliphatic rings. The molecule has 3 rings (SSSR count). The van der Waals surface area contributed by atoms with Crippen LogP contribution in [0.25, 0.3) is 0 Å². The Morgan fingerprint density at radius 1 is 1.05 bits per heavy atom. The first-order chi connectivity index (χ1) is 9.28. The van der Waals surface area contributed by atoms with Crippen LogP contribution in [0.5, 0.6) is 11.5 Å². The number of methoxy groups -OCH3 is 1. The fraction of sp³-hybridized carbons (Fsp3) is 0.625. The zero-order valence-electron chi connectivity index (χ0n) is 11.8.